The maximum atomic E-state index is 6.11. The monoisotopic (exact) mass is 260 g/mol. The number of rotatable bonds is 4. The van der Waals surface area contributed by atoms with Crippen LogP contribution < -0.4 is 10.6 Å². The summed E-state index contributed by atoms with van der Waals surface area (Å²) in [5.41, 5.74) is 8.75. The highest BCUT2D eigenvalue weighted by Crippen LogP contribution is 2.29. The molecule has 1 aliphatic rings. The lowest BCUT2D eigenvalue weighted by molar-refractivity contribution is 0.435. The van der Waals surface area contributed by atoms with Crippen molar-refractivity contribution in [1.29, 1.82) is 0 Å². The second kappa shape index (κ2) is 6.95. The van der Waals surface area contributed by atoms with Gasteiger partial charge in [-0.3, -0.25) is 0 Å². The van der Waals surface area contributed by atoms with E-state index in [1.807, 2.05) is 0 Å². The summed E-state index contributed by atoms with van der Waals surface area (Å²) in [5, 5.41) is 0. The van der Waals surface area contributed by atoms with Gasteiger partial charge in [-0.1, -0.05) is 38.0 Å². The Kier molecular flexibility index (Phi) is 5.26. The third-order valence-electron chi connectivity index (χ3n) is 4.31. The SMILES string of the molecule is CCCC1CCCN(c2ccccc2[C@H](C)N)CC1. The zero-order chi connectivity index (χ0) is 13.7. The van der Waals surface area contributed by atoms with Crippen LogP contribution in [-0.2, 0) is 0 Å². The average molecular weight is 260 g/mol. The fraction of sp³-hybridized carbons (Fsp3) is 0.647. The molecule has 0 aliphatic carbocycles. The number of anilines is 1. The van der Waals surface area contributed by atoms with Crippen molar-refractivity contribution in [2.24, 2.45) is 11.7 Å². The van der Waals surface area contributed by atoms with Crippen molar-refractivity contribution in [3.8, 4) is 0 Å². The highest BCUT2D eigenvalue weighted by molar-refractivity contribution is 5.55. The van der Waals surface area contributed by atoms with E-state index in [9.17, 15) is 0 Å². The molecule has 1 fully saturated rings. The van der Waals surface area contributed by atoms with Crippen LogP contribution in [0.1, 0.15) is 57.6 Å². The molecule has 1 unspecified atom stereocenters. The summed E-state index contributed by atoms with van der Waals surface area (Å²) >= 11 is 0. The molecule has 106 valence electrons. The highest BCUT2D eigenvalue weighted by Gasteiger charge is 2.19. The van der Waals surface area contributed by atoms with Crippen LogP contribution in [0.2, 0.25) is 0 Å². The van der Waals surface area contributed by atoms with Gasteiger partial charge >= 0.3 is 0 Å². The number of para-hydroxylation sites is 1. The largest absolute Gasteiger partial charge is 0.371 e. The van der Waals surface area contributed by atoms with Gasteiger partial charge < -0.3 is 10.6 Å². The Labute approximate surface area is 118 Å². The van der Waals surface area contributed by atoms with E-state index in [0.29, 0.717) is 0 Å². The number of benzene rings is 1. The molecule has 2 rings (SSSR count). The maximum Gasteiger partial charge on any atom is 0.0414 e. The predicted octanol–water partition coefficient (Wildman–Crippen LogP) is 4.11. The minimum Gasteiger partial charge on any atom is -0.371 e. The second-order valence-electron chi connectivity index (χ2n) is 5.92. The van der Waals surface area contributed by atoms with Gasteiger partial charge in [0.1, 0.15) is 0 Å². The zero-order valence-electron chi connectivity index (χ0n) is 12.4. The Morgan fingerprint density at radius 3 is 2.79 bits per heavy atom. The Morgan fingerprint density at radius 2 is 2.05 bits per heavy atom. The molecule has 0 aromatic heterocycles. The minimum absolute atomic E-state index is 0.117. The number of nitrogens with zero attached hydrogens (tertiary/aromatic N) is 1. The van der Waals surface area contributed by atoms with Crippen molar-refractivity contribution < 1.29 is 0 Å². The standard InChI is InChI=1S/C17H28N2/c1-3-7-15-8-6-12-19(13-11-15)17-10-5-4-9-16(17)14(2)18/h4-5,9-10,14-15H,3,6-8,11-13,18H2,1-2H3/t14-,15?/m0/s1. The van der Waals surface area contributed by atoms with E-state index in [1.165, 1.54) is 56.4 Å². The fourth-order valence-corrected chi connectivity index (χ4v) is 3.26. The first-order valence-electron chi connectivity index (χ1n) is 7.81. The molecule has 2 nitrogen and oxygen atoms in total. The Bertz CT molecular complexity index is 387. The van der Waals surface area contributed by atoms with Gasteiger partial charge in [-0.25, -0.2) is 0 Å². The van der Waals surface area contributed by atoms with Crippen LogP contribution in [0, 0.1) is 5.92 Å². The Morgan fingerprint density at radius 1 is 1.26 bits per heavy atom. The molecule has 0 bridgehead atoms. The van der Waals surface area contributed by atoms with Gasteiger partial charge in [0.15, 0.2) is 0 Å². The van der Waals surface area contributed by atoms with Crippen molar-refractivity contribution in [3.63, 3.8) is 0 Å². The summed E-state index contributed by atoms with van der Waals surface area (Å²) in [6, 6.07) is 8.76. The van der Waals surface area contributed by atoms with Crippen LogP contribution in [0.5, 0.6) is 0 Å². The molecule has 1 saturated heterocycles. The van der Waals surface area contributed by atoms with Gasteiger partial charge in [0.2, 0.25) is 0 Å². The van der Waals surface area contributed by atoms with Gasteiger partial charge in [0, 0.05) is 24.8 Å². The van der Waals surface area contributed by atoms with Crippen molar-refractivity contribution in [3.05, 3.63) is 29.8 Å². The third kappa shape index (κ3) is 3.73. The van der Waals surface area contributed by atoms with Crippen LogP contribution in [0.3, 0.4) is 0 Å². The Hall–Kier alpha value is -1.02. The van der Waals surface area contributed by atoms with E-state index in [-0.39, 0.29) is 6.04 Å². The first-order valence-corrected chi connectivity index (χ1v) is 7.81. The van der Waals surface area contributed by atoms with Gasteiger partial charge in [0.25, 0.3) is 0 Å². The molecule has 1 heterocycles. The first kappa shape index (κ1) is 14.4. The van der Waals surface area contributed by atoms with E-state index < -0.39 is 0 Å². The van der Waals surface area contributed by atoms with Gasteiger partial charge in [-0.2, -0.15) is 0 Å². The molecular weight excluding hydrogens is 232 g/mol. The molecular formula is C17H28N2. The minimum atomic E-state index is 0.117. The quantitative estimate of drug-likeness (QED) is 0.882. The molecule has 0 radical (unpaired) electrons. The van der Waals surface area contributed by atoms with Crippen LogP contribution in [0.25, 0.3) is 0 Å². The van der Waals surface area contributed by atoms with E-state index in [0.717, 1.165) is 5.92 Å². The third-order valence-corrected chi connectivity index (χ3v) is 4.31. The average Bonchev–Trinajstić information content (AvgIpc) is 2.65. The molecule has 19 heavy (non-hydrogen) atoms. The highest BCUT2D eigenvalue weighted by atomic mass is 15.1. The molecule has 2 heteroatoms. The van der Waals surface area contributed by atoms with E-state index in [1.54, 1.807) is 0 Å². The van der Waals surface area contributed by atoms with Crippen LogP contribution in [0.15, 0.2) is 24.3 Å². The summed E-state index contributed by atoms with van der Waals surface area (Å²) in [6.45, 7) is 6.75. The summed E-state index contributed by atoms with van der Waals surface area (Å²) < 4.78 is 0. The van der Waals surface area contributed by atoms with Crippen molar-refractivity contribution in [2.75, 3.05) is 18.0 Å². The number of hydrogen-bond acceptors (Lipinski definition) is 2. The maximum absolute atomic E-state index is 6.11. The van der Waals surface area contributed by atoms with Gasteiger partial charge in [0.05, 0.1) is 0 Å². The molecule has 0 spiro atoms. The molecule has 2 atom stereocenters. The lowest BCUT2D eigenvalue weighted by Gasteiger charge is -2.27. The summed E-state index contributed by atoms with van der Waals surface area (Å²) in [6.07, 6.45) is 6.76. The first-order chi connectivity index (χ1) is 9.22. The lowest BCUT2D eigenvalue weighted by Crippen LogP contribution is -2.26. The second-order valence-corrected chi connectivity index (χ2v) is 5.92. The molecule has 2 N–H and O–H groups in total. The zero-order valence-corrected chi connectivity index (χ0v) is 12.4. The normalized spacial score (nSPS) is 22.1. The Balaban J connectivity index is 2.10. The van der Waals surface area contributed by atoms with Crippen LogP contribution >= 0.6 is 0 Å². The molecule has 1 aromatic carbocycles. The van der Waals surface area contributed by atoms with E-state index in [4.69, 9.17) is 5.73 Å². The summed E-state index contributed by atoms with van der Waals surface area (Å²) in [7, 11) is 0. The lowest BCUT2D eigenvalue weighted by atomic mass is 9.96. The summed E-state index contributed by atoms with van der Waals surface area (Å²) in [5.74, 6) is 0.928. The van der Waals surface area contributed by atoms with Gasteiger partial charge in [-0.15, -0.1) is 0 Å². The molecule has 1 aliphatic heterocycles. The fourth-order valence-electron chi connectivity index (χ4n) is 3.26. The van der Waals surface area contributed by atoms with Crippen molar-refractivity contribution in [1.82, 2.24) is 0 Å². The molecule has 0 saturated carbocycles. The molecule has 0 amide bonds. The van der Waals surface area contributed by atoms with Crippen molar-refractivity contribution >= 4 is 5.69 Å². The topological polar surface area (TPSA) is 29.3 Å². The summed E-state index contributed by atoms with van der Waals surface area (Å²) in [4.78, 5) is 2.55. The van der Waals surface area contributed by atoms with E-state index >= 15 is 0 Å². The smallest absolute Gasteiger partial charge is 0.0414 e. The predicted molar refractivity (Wildman–Crippen MR) is 83.5 cm³/mol. The van der Waals surface area contributed by atoms with E-state index in [2.05, 4.69) is 43.0 Å². The molecule has 1 aromatic rings. The van der Waals surface area contributed by atoms with Crippen LogP contribution in [-0.4, -0.2) is 13.1 Å². The number of nitrogens with two attached hydrogens (primary N) is 1. The van der Waals surface area contributed by atoms with Crippen molar-refractivity contribution in [2.45, 2.75) is 52.0 Å². The number of hydrogen-bond donors (Lipinski definition) is 1. The van der Waals surface area contributed by atoms with Gasteiger partial charge in [-0.05, 0) is 43.7 Å². The van der Waals surface area contributed by atoms with Crippen LogP contribution in [0.4, 0.5) is 5.69 Å².